The van der Waals surface area contributed by atoms with Gasteiger partial charge >= 0.3 is 0 Å². The number of hydrogen-bond acceptors (Lipinski definition) is 2. The third-order valence-corrected chi connectivity index (χ3v) is 4.16. The van der Waals surface area contributed by atoms with Crippen LogP contribution in [0.25, 0.3) is 0 Å². The smallest absolute Gasteiger partial charge is 0.250 e. The number of nitrogens with zero attached hydrogens (tertiary/aromatic N) is 1. The maximum Gasteiger partial charge on any atom is 0.250 e. The lowest BCUT2D eigenvalue weighted by atomic mass is 9.77. The minimum absolute atomic E-state index is 0.0546. The summed E-state index contributed by atoms with van der Waals surface area (Å²) in [5, 5.41) is 0. The quantitative estimate of drug-likeness (QED) is 0.626. The van der Waals surface area contributed by atoms with Gasteiger partial charge in [-0.3, -0.25) is 9.59 Å². The van der Waals surface area contributed by atoms with Crippen LogP contribution in [0.15, 0.2) is 11.1 Å². The molecular formula is C13H19NO2. The van der Waals surface area contributed by atoms with Gasteiger partial charge in [0.25, 0.3) is 0 Å². The molecule has 2 aliphatic heterocycles. The molecule has 2 aliphatic rings. The summed E-state index contributed by atoms with van der Waals surface area (Å²) < 4.78 is 0. The van der Waals surface area contributed by atoms with Crippen molar-refractivity contribution in [1.82, 2.24) is 4.90 Å². The fourth-order valence-electron chi connectivity index (χ4n) is 2.94. The highest BCUT2D eigenvalue weighted by Gasteiger charge is 2.47. The third kappa shape index (κ3) is 1.34. The first kappa shape index (κ1) is 11.4. The highest BCUT2D eigenvalue weighted by atomic mass is 16.2. The molecule has 1 saturated heterocycles. The first-order chi connectivity index (χ1) is 7.37. The van der Waals surface area contributed by atoms with Crippen LogP contribution in [0.4, 0.5) is 0 Å². The summed E-state index contributed by atoms with van der Waals surface area (Å²) >= 11 is 0. The third-order valence-electron chi connectivity index (χ3n) is 4.16. The average molecular weight is 221 g/mol. The van der Waals surface area contributed by atoms with Gasteiger partial charge in [-0.1, -0.05) is 13.8 Å². The van der Waals surface area contributed by atoms with E-state index < -0.39 is 5.41 Å². The summed E-state index contributed by atoms with van der Waals surface area (Å²) in [6.07, 6.45) is 1.96. The number of rotatable bonds is 0. The Balaban J connectivity index is 2.55. The van der Waals surface area contributed by atoms with E-state index in [9.17, 15) is 9.59 Å². The normalized spacial score (nSPS) is 29.5. The second kappa shape index (κ2) is 3.44. The van der Waals surface area contributed by atoms with E-state index in [-0.39, 0.29) is 17.7 Å². The number of amides is 1. The van der Waals surface area contributed by atoms with Crippen LogP contribution in [0.2, 0.25) is 0 Å². The largest absolute Gasteiger partial charge is 0.335 e. The summed E-state index contributed by atoms with van der Waals surface area (Å²) in [7, 11) is 0. The topological polar surface area (TPSA) is 37.4 Å². The van der Waals surface area contributed by atoms with Gasteiger partial charge in [-0.15, -0.1) is 0 Å². The molecule has 0 saturated carbocycles. The Morgan fingerprint density at radius 3 is 2.44 bits per heavy atom. The monoisotopic (exact) mass is 221 g/mol. The number of fused-ring (bicyclic) bond motifs is 1. The van der Waals surface area contributed by atoms with E-state index in [1.54, 1.807) is 13.8 Å². The van der Waals surface area contributed by atoms with E-state index in [1.165, 1.54) is 0 Å². The molecule has 0 spiro atoms. The van der Waals surface area contributed by atoms with Gasteiger partial charge in [0, 0.05) is 29.1 Å². The van der Waals surface area contributed by atoms with E-state index in [0.29, 0.717) is 11.1 Å². The SMILES string of the molecule is CC1=C(C)C(=O)C(C)(C)C2CCCN2C1=O. The first-order valence-electron chi connectivity index (χ1n) is 5.90. The lowest BCUT2D eigenvalue weighted by Crippen LogP contribution is -2.45. The van der Waals surface area contributed by atoms with Gasteiger partial charge in [-0.2, -0.15) is 0 Å². The zero-order valence-electron chi connectivity index (χ0n) is 10.5. The molecule has 3 heteroatoms. The predicted molar refractivity (Wildman–Crippen MR) is 61.9 cm³/mol. The van der Waals surface area contributed by atoms with Crippen LogP contribution >= 0.6 is 0 Å². The lowest BCUT2D eigenvalue weighted by molar-refractivity contribution is -0.132. The molecule has 0 aromatic carbocycles. The number of Topliss-reactive ketones (excluding diaryl/α,β-unsaturated/α-hetero) is 1. The van der Waals surface area contributed by atoms with Gasteiger partial charge in [0.05, 0.1) is 0 Å². The maximum atomic E-state index is 12.3. The first-order valence-corrected chi connectivity index (χ1v) is 5.90. The van der Waals surface area contributed by atoms with Crippen molar-refractivity contribution in [2.45, 2.75) is 46.6 Å². The Morgan fingerprint density at radius 1 is 1.19 bits per heavy atom. The van der Waals surface area contributed by atoms with Crippen molar-refractivity contribution in [1.29, 1.82) is 0 Å². The number of allylic oxidation sites excluding steroid dienone is 1. The van der Waals surface area contributed by atoms with Crippen molar-refractivity contribution >= 4 is 11.7 Å². The molecule has 0 N–H and O–H groups in total. The van der Waals surface area contributed by atoms with Crippen LogP contribution in [0.3, 0.4) is 0 Å². The predicted octanol–water partition coefficient (Wildman–Crippen LogP) is 1.92. The molecule has 3 nitrogen and oxygen atoms in total. The molecule has 1 fully saturated rings. The second-order valence-electron chi connectivity index (χ2n) is 5.46. The Morgan fingerprint density at radius 2 is 1.81 bits per heavy atom. The van der Waals surface area contributed by atoms with Gasteiger partial charge < -0.3 is 4.90 Å². The van der Waals surface area contributed by atoms with Crippen LogP contribution in [-0.2, 0) is 9.59 Å². The zero-order valence-corrected chi connectivity index (χ0v) is 10.5. The van der Waals surface area contributed by atoms with Gasteiger partial charge in [0.2, 0.25) is 5.91 Å². The van der Waals surface area contributed by atoms with Crippen LogP contribution < -0.4 is 0 Å². The number of hydrogen-bond donors (Lipinski definition) is 0. The number of carbonyl (C=O) groups is 2. The highest BCUT2D eigenvalue weighted by molar-refractivity contribution is 6.09. The van der Waals surface area contributed by atoms with Crippen molar-refractivity contribution in [2.24, 2.45) is 5.41 Å². The molecule has 1 atom stereocenters. The summed E-state index contributed by atoms with van der Waals surface area (Å²) in [4.78, 5) is 26.4. The van der Waals surface area contributed by atoms with E-state index in [4.69, 9.17) is 0 Å². The second-order valence-corrected chi connectivity index (χ2v) is 5.46. The lowest BCUT2D eigenvalue weighted by Gasteiger charge is -2.34. The van der Waals surface area contributed by atoms with Crippen LogP contribution in [0.1, 0.15) is 40.5 Å². The Labute approximate surface area is 96.5 Å². The fourth-order valence-corrected chi connectivity index (χ4v) is 2.94. The molecule has 0 radical (unpaired) electrons. The number of ketones is 1. The molecule has 16 heavy (non-hydrogen) atoms. The zero-order chi connectivity index (χ0) is 12.1. The molecule has 0 bridgehead atoms. The highest BCUT2D eigenvalue weighted by Crippen LogP contribution is 2.39. The molecule has 0 aliphatic carbocycles. The standard InChI is InChI=1S/C13H19NO2/c1-8-9(2)12(16)14-7-5-6-10(14)13(3,4)11(8)15/h10H,5-7H2,1-4H3. The molecule has 2 rings (SSSR count). The average Bonchev–Trinajstić information content (AvgIpc) is 2.72. The van der Waals surface area contributed by atoms with Gasteiger partial charge in [-0.05, 0) is 26.7 Å². The van der Waals surface area contributed by atoms with Gasteiger partial charge in [-0.25, -0.2) is 0 Å². The van der Waals surface area contributed by atoms with E-state index >= 15 is 0 Å². The minimum atomic E-state index is -0.437. The fraction of sp³-hybridized carbons (Fsp3) is 0.692. The van der Waals surface area contributed by atoms with Crippen LogP contribution in [0, 0.1) is 5.41 Å². The Bertz CT molecular complexity index is 393. The molecule has 0 aromatic heterocycles. The van der Waals surface area contributed by atoms with Gasteiger partial charge in [0.15, 0.2) is 5.78 Å². The Hall–Kier alpha value is -1.12. The van der Waals surface area contributed by atoms with Crippen molar-refractivity contribution in [3.8, 4) is 0 Å². The summed E-state index contributed by atoms with van der Waals surface area (Å²) in [6, 6.07) is 0.0832. The van der Waals surface area contributed by atoms with Crippen LogP contribution in [-0.4, -0.2) is 29.2 Å². The Kier molecular flexibility index (Phi) is 2.44. The van der Waals surface area contributed by atoms with E-state index in [0.717, 1.165) is 19.4 Å². The van der Waals surface area contributed by atoms with E-state index in [1.807, 2.05) is 18.7 Å². The van der Waals surface area contributed by atoms with Gasteiger partial charge in [0.1, 0.15) is 0 Å². The summed E-state index contributed by atoms with van der Waals surface area (Å²) in [5.74, 6) is 0.187. The van der Waals surface area contributed by atoms with Crippen molar-refractivity contribution in [2.75, 3.05) is 6.54 Å². The molecular weight excluding hydrogens is 202 g/mol. The summed E-state index contributed by atoms with van der Waals surface area (Å²) in [5.41, 5.74) is 0.834. The van der Waals surface area contributed by atoms with Crippen molar-refractivity contribution < 1.29 is 9.59 Å². The van der Waals surface area contributed by atoms with Crippen molar-refractivity contribution in [3.05, 3.63) is 11.1 Å². The van der Waals surface area contributed by atoms with E-state index in [2.05, 4.69) is 0 Å². The van der Waals surface area contributed by atoms with Crippen molar-refractivity contribution in [3.63, 3.8) is 0 Å². The molecule has 0 aromatic rings. The molecule has 88 valence electrons. The minimum Gasteiger partial charge on any atom is -0.335 e. The molecule has 2 heterocycles. The molecule has 1 unspecified atom stereocenters. The summed E-state index contributed by atoms with van der Waals surface area (Å²) in [6.45, 7) is 8.28. The maximum absolute atomic E-state index is 12.3. The molecule has 1 amide bonds. The number of carbonyl (C=O) groups excluding carboxylic acids is 2. The van der Waals surface area contributed by atoms with Crippen LogP contribution in [0.5, 0.6) is 0 Å².